The van der Waals surface area contributed by atoms with Gasteiger partial charge in [-0.2, -0.15) is 11.8 Å². The Hall–Kier alpha value is -0.550. The highest BCUT2D eigenvalue weighted by Crippen LogP contribution is 2.25. The van der Waals surface area contributed by atoms with E-state index < -0.39 is 0 Å². The third-order valence-corrected chi connectivity index (χ3v) is 3.90. The van der Waals surface area contributed by atoms with Gasteiger partial charge in [-0.1, -0.05) is 12.2 Å². The molecule has 0 saturated heterocycles. The summed E-state index contributed by atoms with van der Waals surface area (Å²) in [7, 11) is 1.92. The van der Waals surface area contributed by atoms with Crippen molar-refractivity contribution in [2.75, 3.05) is 42.4 Å². The molecule has 0 amide bonds. The van der Waals surface area contributed by atoms with Crippen molar-refractivity contribution in [2.24, 2.45) is 0 Å². The van der Waals surface area contributed by atoms with Crippen LogP contribution in [0.2, 0.25) is 0 Å². The Kier molecular flexibility index (Phi) is 5.98. The molecule has 0 bridgehead atoms. The summed E-state index contributed by atoms with van der Waals surface area (Å²) in [6.07, 6.45) is 4.43. The molecule has 0 aliphatic heterocycles. The Labute approximate surface area is 112 Å². The van der Waals surface area contributed by atoms with Gasteiger partial charge in [0.15, 0.2) is 0 Å². The molecule has 5 heteroatoms. The quantitative estimate of drug-likeness (QED) is 0.581. The van der Waals surface area contributed by atoms with Crippen LogP contribution in [0.25, 0.3) is 0 Å². The molecule has 0 unspecified atom stereocenters. The number of nitrogens with one attached hydrogen (secondary N) is 1. The minimum Gasteiger partial charge on any atom is -0.382 e. The average Bonchev–Trinajstić information content (AvgIpc) is 2.35. The van der Waals surface area contributed by atoms with E-state index in [9.17, 15) is 4.79 Å². The van der Waals surface area contributed by atoms with E-state index in [0.29, 0.717) is 4.51 Å². The monoisotopic (exact) mass is 272 g/mol. The molecule has 96 valence electrons. The molecule has 0 spiro atoms. The Bertz CT molecular complexity index is 424. The fourth-order valence-corrected chi connectivity index (χ4v) is 2.41. The van der Waals surface area contributed by atoms with Crippen molar-refractivity contribution in [3.63, 3.8) is 0 Å². The Morgan fingerprint density at radius 3 is 2.71 bits per heavy atom. The van der Waals surface area contributed by atoms with Crippen LogP contribution in [0.5, 0.6) is 0 Å². The van der Waals surface area contributed by atoms with E-state index >= 15 is 0 Å². The molecule has 0 saturated carbocycles. The summed E-state index contributed by atoms with van der Waals surface area (Å²) in [5.41, 5.74) is 1.64. The maximum absolute atomic E-state index is 11.6. The highest BCUT2D eigenvalue weighted by atomic mass is 32.2. The van der Waals surface area contributed by atoms with Crippen LogP contribution in [-0.4, -0.2) is 32.1 Å². The molecule has 0 atom stereocenters. The van der Waals surface area contributed by atoms with Crippen LogP contribution >= 0.6 is 24.0 Å². The van der Waals surface area contributed by atoms with E-state index in [2.05, 4.69) is 11.6 Å². The number of hydrogen-bond donors (Lipinski definition) is 1. The van der Waals surface area contributed by atoms with Gasteiger partial charge in [-0.25, -0.2) is 0 Å². The molecule has 0 radical (unpaired) electrons. The summed E-state index contributed by atoms with van der Waals surface area (Å²) in [6.45, 7) is 3.74. The summed E-state index contributed by atoms with van der Waals surface area (Å²) >= 11 is 6.93. The Morgan fingerprint density at radius 1 is 1.41 bits per heavy atom. The average molecular weight is 272 g/mol. The highest BCUT2D eigenvalue weighted by molar-refractivity contribution is 7.98. The molecule has 0 heterocycles. The summed E-state index contributed by atoms with van der Waals surface area (Å²) in [6, 6.07) is 0. The second kappa shape index (κ2) is 7.01. The standard InChI is InChI=1S/C12H20N2OS2/c1-4-14(2)10-9(12(16)11(10)15)13-7-5-6-8-17-3/h13H,4-8H2,1-3H3. The molecular formula is C12H20N2OS2. The predicted octanol–water partition coefficient (Wildman–Crippen LogP) is 2.66. The zero-order chi connectivity index (χ0) is 12.8. The van der Waals surface area contributed by atoms with Gasteiger partial charge in [-0.05, 0) is 31.8 Å². The van der Waals surface area contributed by atoms with Crippen LogP contribution in [-0.2, 0) is 0 Å². The van der Waals surface area contributed by atoms with Crippen molar-refractivity contribution in [1.82, 2.24) is 0 Å². The van der Waals surface area contributed by atoms with Gasteiger partial charge in [0, 0.05) is 20.1 Å². The first-order chi connectivity index (χ1) is 8.13. The van der Waals surface area contributed by atoms with Gasteiger partial charge >= 0.3 is 0 Å². The van der Waals surface area contributed by atoms with Gasteiger partial charge in [0.25, 0.3) is 0 Å². The number of thioether (sulfide) groups is 1. The minimum atomic E-state index is 0.0102. The fraction of sp³-hybridized carbons (Fsp3) is 0.667. The second-order valence-corrected chi connectivity index (χ2v) is 5.42. The molecular weight excluding hydrogens is 252 g/mol. The first-order valence-electron chi connectivity index (χ1n) is 5.90. The van der Waals surface area contributed by atoms with Crippen molar-refractivity contribution in [3.8, 4) is 0 Å². The maximum atomic E-state index is 11.6. The van der Waals surface area contributed by atoms with Crippen LogP contribution in [0.3, 0.4) is 0 Å². The highest BCUT2D eigenvalue weighted by Gasteiger charge is 2.19. The molecule has 1 aromatic rings. The molecule has 1 N–H and O–H groups in total. The van der Waals surface area contributed by atoms with Crippen LogP contribution in [0.15, 0.2) is 4.79 Å². The maximum Gasteiger partial charge on any atom is 0.224 e. The van der Waals surface area contributed by atoms with Crippen molar-refractivity contribution < 1.29 is 0 Å². The SMILES string of the molecule is CCN(C)c1c(NCCCCSC)c(=S)c1=O. The van der Waals surface area contributed by atoms with Gasteiger partial charge in [0.05, 0.1) is 5.69 Å². The van der Waals surface area contributed by atoms with Crippen LogP contribution in [0, 0.1) is 4.51 Å². The first-order valence-corrected chi connectivity index (χ1v) is 7.70. The number of unbranched alkanes of at least 4 members (excludes halogenated alkanes) is 1. The number of rotatable bonds is 8. The number of hydrogen-bond acceptors (Lipinski definition) is 5. The van der Waals surface area contributed by atoms with Gasteiger partial charge in [-0.3, -0.25) is 4.79 Å². The Balaban J connectivity index is 2.51. The van der Waals surface area contributed by atoms with Crippen molar-refractivity contribution >= 4 is 35.4 Å². The fourth-order valence-electron chi connectivity index (χ4n) is 1.65. The lowest BCUT2D eigenvalue weighted by atomic mass is 10.2. The molecule has 3 nitrogen and oxygen atoms in total. The van der Waals surface area contributed by atoms with Crippen molar-refractivity contribution in [1.29, 1.82) is 0 Å². The number of nitrogens with zero attached hydrogens (tertiary/aromatic N) is 1. The lowest BCUT2D eigenvalue weighted by Gasteiger charge is -2.23. The van der Waals surface area contributed by atoms with Crippen LogP contribution in [0.4, 0.5) is 11.4 Å². The summed E-state index contributed by atoms with van der Waals surface area (Å²) in [5, 5.41) is 3.29. The van der Waals surface area contributed by atoms with E-state index in [4.69, 9.17) is 12.2 Å². The first kappa shape index (κ1) is 14.5. The van der Waals surface area contributed by atoms with E-state index in [1.807, 2.05) is 30.6 Å². The van der Waals surface area contributed by atoms with Gasteiger partial charge < -0.3 is 10.2 Å². The predicted molar refractivity (Wildman–Crippen MR) is 81.0 cm³/mol. The largest absolute Gasteiger partial charge is 0.382 e. The molecule has 0 aliphatic rings. The molecule has 0 aliphatic carbocycles. The van der Waals surface area contributed by atoms with E-state index in [1.54, 1.807) is 0 Å². The zero-order valence-corrected chi connectivity index (χ0v) is 12.3. The third kappa shape index (κ3) is 3.45. The molecule has 17 heavy (non-hydrogen) atoms. The van der Waals surface area contributed by atoms with E-state index in [1.165, 1.54) is 12.2 Å². The lowest BCUT2D eigenvalue weighted by molar-refractivity contribution is 0.840. The van der Waals surface area contributed by atoms with Crippen molar-refractivity contribution in [2.45, 2.75) is 19.8 Å². The number of anilines is 2. The zero-order valence-electron chi connectivity index (χ0n) is 10.7. The normalized spacial score (nSPS) is 10.8. The minimum absolute atomic E-state index is 0.0102. The summed E-state index contributed by atoms with van der Waals surface area (Å²) in [4.78, 5) is 13.6. The van der Waals surface area contributed by atoms with Crippen LogP contribution < -0.4 is 15.6 Å². The molecule has 0 fully saturated rings. The van der Waals surface area contributed by atoms with Crippen molar-refractivity contribution in [3.05, 3.63) is 14.7 Å². The molecule has 0 aromatic heterocycles. The third-order valence-electron chi connectivity index (χ3n) is 2.82. The lowest BCUT2D eigenvalue weighted by Crippen LogP contribution is -2.29. The molecule has 1 aromatic carbocycles. The Morgan fingerprint density at radius 2 is 2.12 bits per heavy atom. The topological polar surface area (TPSA) is 32.3 Å². The van der Waals surface area contributed by atoms with Gasteiger partial charge in [0.1, 0.15) is 10.2 Å². The summed E-state index contributed by atoms with van der Waals surface area (Å²) < 4.78 is 0.463. The second-order valence-electron chi connectivity index (χ2n) is 4.02. The summed E-state index contributed by atoms with van der Waals surface area (Å²) in [5.74, 6) is 1.19. The van der Waals surface area contributed by atoms with Gasteiger partial charge in [0.2, 0.25) is 5.43 Å². The van der Waals surface area contributed by atoms with Crippen LogP contribution in [0.1, 0.15) is 19.8 Å². The van der Waals surface area contributed by atoms with Gasteiger partial charge in [-0.15, -0.1) is 0 Å². The molecule has 1 rings (SSSR count). The van der Waals surface area contributed by atoms with E-state index in [-0.39, 0.29) is 5.43 Å². The smallest absolute Gasteiger partial charge is 0.224 e. The van der Waals surface area contributed by atoms with E-state index in [0.717, 1.165) is 30.9 Å².